The molecule has 0 atom stereocenters. The molecule has 0 saturated heterocycles. The first kappa shape index (κ1) is 19.3. The van der Waals surface area contributed by atoms with Crippen molar-refractivity contribution < 1.29 is 9.59 Å². The van der Waals surface area contributed by atoms with Crippen LogP contribution in [-0.4, -0.2) is 32.9 Å². The molecular formula is C23H21N5O2. The Labute approximate surface area is 173 Å². The maximum Gasteiger partial charge on any atom is 0.251 e. The lowest BCUT2D eigenvalue weighted by Gasteiger charge is -2.10. The molecule has 2 aromatic heterocycles. The number of rotatable bonds is 6. The van der Waals surface area contributed by atoms with Crippen LogP contribution in [-0.2, 0) is 11.3 Å². The Bertz CT molecular complexity index is 1180. The van der Waals surface area contributed by atoms with E-state index in [1.807, 2.05) is 47.0 Å². The highest BCUT2D eigenvalue weighted by molar-refractivity contribution is 5.95. The van der Waals surface area contributed by atoms with Crippen LogP contribution in [0.1, 0.15) is 17.3 Å². The average Bonchev–Trinajstić information content (AvgIpc) is 3.13. The molecular weight excluding hydrogens is 378 g/mol. The number of carbonyl (C=O) groups is 2. The Hall–Kier alpha value is -4.00. The fraction of sp³-hybridized carbons (Fsp3) is 0.130. The van der Waals surface area contributed by atoms with E-state index >= 15 is 0 Å². The number of pyridine rings is 1. The minimum absolute atomic E-state index is 0.150. The molecule has 0 radical (unpaired) electrons. The molecule has 0 bridgehead atoms. The largest absolute Gasteiger partial charge is 0.350 e. The molecule has 0 aliphatic heterocycles. The van der Waals surface area contributed by atoms with Crippen molar-refractivity contribution in [1.82, 2.24) is 19.9 Å². The molecule has 2 aromatic carbocycles. The molecule has 4 rings (SSSR count). The molecule has 7 nitrogen and oxygen atoms in total. The number of imidazole rings is 1. The monoisotopic (exact) mass is 399 g/mol. The molecule has 4 aromatic rings. The van der Waals surface area contributed by atoms with E-state index in [-0.39, 0.29) is 11.8 Å². The number of fused-ring (bicyclic) bond motifs is 1. The van der Waals surface area contributed by atoms with Crippen molar-refractivity contribution in [2.45, 2.75) is 13.5 Å². The lowest BCUT2D eigenvalue weighted by atomic mass is 10.2. The molecule has 0 aliphatic carbocycles. The second-order valence-corrected chi connectivity index (χ2v) is 6.81. The van der Waals surface area contributed by atoms with E-state index in [0.29, 0.717) is 24.3 Å². The number of hydrogen-bond donors (Lipinski definition) is 2. The number of nitrogens with zero attached hydrogens (tertiary/aromatic N) is 3. The zero-order valence-electron chi connectivity index (χ0n) is 16.5. The number of aromatic nitrogens is 3. The van der Waals surface area contributed by atoms with Crippen LogP contribution in [0.15, 0.2) is 72.9 Å². The van der Waals surface area contributed by atoms with E-state index in [4.69, 9.17) is 4.98 Å². The van der Waals surface area contributed by atoms with Gasteiger partial charge in [0.05, 0.1) is 0 Å². The Kier molecular flexibility index (Phi) is 5.52. The van der Waals surface area contributed by atoms with E-state index in [2.05, 4.69) is 15.6 Å². The Balaban J connectivity index is 1.48. The summed E-state index contributed by atoms with van der Waals surface area (Å²) in [7, 11) is 0. The summed E-state index contributed by atoms with van der Waals surface area (Å²) in [6, 6.07) is 20.5. The van der Waals surface area contributed by atoms with Crippen LogP contribution in [0.3, 0.4) is 0 Å². The Morgan fingerprint density at radius 2 is 1.73 bits per heavy atom. The fourth-order valence-electron chi connectivity index (χ4n) is 3.27. The molecule has 150 valence electrons. The van der Waals surface area contributed by atoms with Crippen LogP contribution < -0.4 is 10.6 Å². The van der Waals surface area contributed by atoms with Crippen molar-refractivity contribution >= 4 is 28.7 Å². The van der Waals surface area contributed by atoms with Gasteiger partial charge in [0.1, 0.15) is 11.3 Å². The smallest absolute Gasteiger partial charge is 0.251 e. The Morgan fingerprint density at radius 1 is 0.967 bits per heavy atom. The van der Waals surface area contributed by atoms with Gasteiger partial charge in [0.2, 0.25) is 5.91 Å². The van der Waals surface area contributed by atoms with Gasteiger partial charge in [-0.25, -0.2) is 9.97 Å². The first-order valence-corrected chi connectivity index (χ1v) is 9.64. The molecule has 0 aliphatic rings. The molecule has 0 spiro atoms. The molecule has 2 heterocycles. The van der Waals surface area contributed by atoms with Crippen molar-refractivity contribution in [3.63, 3.8) is 0 Å². The average molecular weight is 399 g/mol. The predicted octanol–water partition coefficient (Wildman–Crippen LogP) is 3.49. The van der Waals surface area contributed by atoms with Crippen LogP contribution in [0.4, 0.5) is 5.69 Å². The normalized spacial score (nSPS) is 10.7. The summed E-state index contributed by atoms with van der Waals surface area (Å²) in [5.74, 6) is 0.490. The van der Waals surface area contributed by atoms with Crippen LogP contribution in [0, 0.1) is 0 Å². The van der Waals surface area contributed by atoms with E-state index in [9.17, 15) is 9.59 Å². The highest BCUT2D eigenvalue weighted by Gasteiger charge is 2.13. The molecule has 0 unspecified atom stereocenters. The number of anilines is 1. The van der Waals surface area contributed by atoms with Gasteiger partial charge in [0, 0.05) is 43.0 Å². The summed E-state index contributed by atoms with van der Waals surface area (Å²) < 4.78 is 2.02. The second kappa shape index (κ2) is 8.57. The van der Waals surface area contributed by atoms with Gasteiger partial charge >= 0.3 is 0 Å². The van der Waals surface area contributed by atoms with Crippen molar-refractivity contribution in [1.29, 1.82) is 0 Å². The van der Waals surface area contributed by atoms with Gasteiger partial charge in [0.25, 0.3) is 5.91 Å². The van der Waals surface area contributed by atoms with Crippen molar-refractivity contribution in [2.24, 2.45) is 0 Å². The molecule has 30 heavy (non-hydrogen) atoms. The van der Waals surface area contributed by atoms with Gasteiger partial charge in [-0.15, -0.1) is 0 Å². The van der Waals surface area contributed by atoms with E-state index in [1.165, 1.54) is 6.92 Å². The standard InChI is InChI=1S/C23H21N5O2/c1-16(29)26-19-11-9-18(10-12-19)23(30)25-14-15-28-21(17-6-3-2-4-7-17)27-20-8-5-13-24-22(20)28/h2-13H,14-15H2,1H3,(H,25,30)(H,26,29). The fourth-order valence-corrected chi connectivity index (χ4v) is 3.27. The quantitative estimate of drug-likeness (QED) is 0.519. The van der Waals surface area contributed by atoms with Gasteiger partial charge in [0.15, 0.2) is 5.65 Å². The molecule has 2 amide bonds. The summed E-state index contributed by atoms with van der Waals surface area (Å²) in [4.78, 5) is 32.8. The van der Waals surface area contributed by atoms with Gasteiger partial charge < -0.3 is 15.2 Å². The first-order valence-electron chi connectivity index (χ1n) is 9.64. The highest BCUT2D eigenvalue weighted by Crippen LogP contribution is 2.23. The molecule has 2 N–H and O–H groups in total. The van der Waals surface area contributed by atoms with Gasteiger partial charge in [-0.3, -0.25) is 9.59 Å². The molecule has 0 fully saturated rings. The highest BCUT2D eigenvalue weighted by atomic mass is 16.2. The third kappa shape index (κ3) is 4.20. The third-order valence-electron chi connectivity index (χ3n) is 4.62. The summed E-state index contributed by atoms with van der Waals surface area (Å²) in [5, 5.41) is 5.62. The van der Waals surface area contributed by atoms with E-state index in [0.717, 1.165) is 22.6 Å². The van der Waals surface area contributed by atoms with Gasteiger partial charge in [-0.2, -0.15) is 0 Å². The summed E-state index contributed by atoms with van der Waals surface area (Å²) in [5.41, 5.74) is 3.78. The predicted molar refractivity (Wildman–Crippen MR) is 116 cm³/mol. The maximum absolute atomic E-state index is 12.5. The number of nitrogens with one attached hydrogen (secondary N) is 2. The number of benzene rings is 2. The van der Waals surface area contributed by atoms with Crippen molar-refractivity contribution in [2.75, 3.05) is 11.9 Å². The van der Waals surface area contributed by atoms with E-state index in [1.54, 1.807) is 30.5 Å². The van der Waals surface area contributed by atoms with Crippen LogP contribution in [0.25, 0.3) is 22.6 Å². The minimum atomic E-state index is -0.178. The van der Waals surface area contributed by atoms with Gasteiger partial charge in [-0.05, 0) is 36.4 Å². The van der Waals surface area contributed by atoms with Crippen molar-refractivity contribution in [3.05, 3.63) is 78.5 Å². The van der Waals surface area contributed by atoms with Gasteiger partial charge in [-0.1, -0.05) is 30.3 Å². The summed E-state index contributed by atoms with van der Waals surface area (Å²) in [6.45, 7) is 2.40. The second-order valence-electron chi connectivity index (χ2n) is 6.81. The topological polar surface area (TPSA) is 88.9 Å². The summed E-state index contributed by atoms with van der Waals surface area (Å²) >= 11 is 0. The lowest BCUT2D eigenvalue weighted by Crippen LogP contribution is -2.27. The number of hydrogen-bond acceptors (Lipinski definition) is 4. The van der Waals surface area contributed by atoms with Crippen LogP contribution >= 0.6 is 0 Å². The van der Waals surface area contributed by atoms with E-state index < -0.39 is 0 Å². The zero-order valence-corrected chi connectivity index (χ0v) is 16.5. The number of amides is 2. The molecule has 7 heteroatoms. The first-order chi connectivity index (χ1) is 14.6. The van der Waals surface area contributed by atoms with Crippen molar-refractivity contribution in [3.8, 4) is 11.4 Å². The third-order valence-corrected chi connectivity index (χ3v) is 4.62. The minimum Gasteiger partial charge on any atom is -0.350 e. The van der Waals surface area contributed by atoms with Crippen LogP contribution in [0.2, 0.25) is 0 Å². The SMILES string of the molecule is CC(=O)Nc1ccc(C(=O)NCCn2c(-c3ccccc3)nc3cccnc32)cc1. The van der Waals surface area contributed by atoms with Crippen LogP contribution in [0.5, 0.6) is 0 Å². The zero-order chi connectivity index (χ0) is 20.9. The number of carbonyl (C=O) groups excluding carboxylic acids is 2. The lowest BCUT2D eigenvalue weighted by molar-refractivity contribution is -0.114. The summed E-state index contributed by atoms with van der Waals surface area (Å²) in [6.07, 6.45) is 1.74. The Morgan fingerprint density at radius 3 is 2.47 bits per heavy atom. The molecule has 0 saturated carbocycles. The maximum atomic E-state index is 12.5.